The average Bonchev–Trinajstić information content (AvgIpc) is 3.35. The van der Waals surface area contributed by atoms with Crippen molar-refractivity contribution in [3.63, 3.8) is 0 Å². The van der Waals surface area contributed by atoms with Crippen LogP contribution in [-0.2, 0) is 17.7 Å². The Bertz CT molecular complexity index is 1770. The summed E-state index contributed by atoms with van der Waals surface area (Å²) in [6.45, 7) is 3.08. The van der Waals surface area contributed by atoms with Crippen LogP contribution in [0.2, 0.25) is 0 Å². The minimum atomic E-state index is -3.09. The SMILES string of the molecule is COC(=O)c1cc2c(n(Cc3ccc(OC)cc3OC)c1=O)-c1nc3c(OC(F)F)cc(OC)cn3c1C[C@H]2C(C)(C)C. The first-order valence-electron chi connectivity index (χ1n) is 13.5. The number of hydrogen-bond acceptors (Lipinski definition) is 8. The van der Waals surface area contributed by atoms with E-state index in [2.05, 4.69) is 20.8 Å². The average molecular weight is 598 g/mol. The van der Waals surface area contributed by atoms with Gasteiger partial charge in [0.25, 0.3) is 5.56 Å². The first-order valence-corrected chi connectivity index (χ1v) is 13.5. The summed E-state index contributed by atoms with van der Waals surface area (Å²) in [5.41, 5.74) is 1.96. The second-order valence-electron chi connectivity index (χ2n) is 11.3. The highest BCUT2D eigenvalue weighted by molar-refractivity contribution is 5.90. The second-order valence-corrected chi connectivity index (χ2v) is 11.3. The third-order valence-corrected chi connectivity index (χ3v) is 7.80. The fourth-order valence-corrected chi connectivity index (χ4v) is 5.67. The van der Waals surface area contributed by atoms with Crippen molar-refractivity contribution in [3.05, 3.63) is 69.3 Å². The number of benzene rings is 1. The van der Waals surface area contributed by atoms with Gasteiger partial charge in [0.15, 0.2) is 11.4 Å². The predicted octanol–water partition coefficient (Wildman–Crippen LogP) is 5.31. The molecule has 0 fully saturated rings. The number of carbonyl (C=O) groups excluding carboxylic acids is 1. The van der Waals surface area contributed by atoms with Gasteiger partial charge in [-0.2, -0.15) is 8.78 Å². The summed E-state index contributed by atoms with van der Waals surface area (Å²) >= 11 is 0. The Balaban J connectivity index is 1.88. The molecule has 0 N–H and O–H groups in total. The molecule has 0 saturated carbocycles. The van der Waals surface area contributed by atoms with Crippen LogP contribution in [0, 0.1) is 5.41 Å². The number of aromatic nitrogens is 3. The van der Waals surface area contributed by atoms with Crippen molar-refractivity contribution in [2.24, 2.45) is 5.41 Å². The molecule has 0 aliphatic heterocycles. The molecule has 0 saturated heterocycles. The van der Waals surface area contributed by atoms with Crippen LogP contribution in [0.15, 0.2) is 41.3 Å². The highest BCUT2D eigenvalue weighted by Crippen LogP contribution is 2.48. The van der Waals surface area contributed by atoms with Gasteiger partial charge in [-0.05, 0) is 41.5 Å². The lowest BCUT2D eigenvalue weighted by Crippen LogP contribution is -2.34. The van der Waals surface area contributed by atoms with Crippen molar-refractivity contribution in [1.29, 1.82) is 0 Å². The van der Waals surface area contributed by atoms with E-state index in [4.69, 9.17) is 28.7 Å². The lowest BCUT2D eigenvalue weighted by Gasteiger charge is -2.36. The maximum absolute atomic E-state index is 14.1. The number of pyridine rings is 2. The van der Waals surface area contributed by atoms with Crippen LogP contribution in [0.1, 0.15) is 53.9 Å². The zero-order valence-electron chi connectivity index (χ0n) is 25.0. The van der Waals surface area contributed by atoms with Gasteiger partial charge in [0.2, 0.25) is 0 Å². The van der Waals surface area contributed by atoms with Gasteiger partial charge >= 0.3 is 12.6 Å². The summed E-state index contributed by atoms with van der Waals surface area (Å²) < 4.78 is 56.2. The van der Waals surface area contributed by atoms with Crippen molar-refractivity contribution >= 4 is 11.6 Å². The van der Waals surface area contributed by atoms with Crippen molar-refractivity contribution in [3.8, 4) is 34.4 Å². The van der Waals surface area contributed by atoms with E-state index in [1.165, 1.54) is 39.1 Å². The molecule has 5 rings (SSSR count). The van der Waals surface area contributed by atoms with Crippen LogP contribution >= 0.6 is 0 Å². The maximum Gasteiger partial charge on any atom is 0.387 e. The minimum Gasteiger partial charge on any atom is -0.497 e. The number of halogens is 2. The number of rotatable bonds is 8. The largest absolute Gasteiger partial charge is 0.497 e. The summed E-state index contributed by atoms with van der Waals surface area (Å²) in [6, 6.07) is 8.14. The molecular formula is C31H33F2N3O7. The van der Waals surface area contributed by atoms with E-state index in [9.17, 15) is 18.4 Å². The highest BCUT2D eigenvalue weighted by atomic mass is 19.3. The van der Waals surface area contributed by atoms with Crippen LogP contribution < -0.4 is 24.5 Å². The molecule has 3 aromatic heterocycles. The molecular weight excluding hydrogens is 564 g/mol. The lowest BCUT2D eigenvalue weighted by molar-refractivity contribution is -0.0492. The minimum absolute atomic E-state index is 0.00700. The van der Waals surface area contributed by atoms with Gasteiger partial charge in [-0.3, -0.25) is 9.20 Å². The Morgan fingerprint density at radius 1 is 1.02 bits per heavy atom. The van der Waals surface area contributed by atoms with E-state index in [-0.39, 0.29) is 34.8 Å². The van der Waals surface area contributed by atoms with Crippen molar-refractivity contribution in [1.82, 2.24) is 14.0 Å². The fourth-order valence-electron chi connectivity index (χ4n) is 5.67. The molecule has 1 atom stereocenters. The molecule has 0 unspecified atom stereocenters. The van der Waals surface area contributed by atoms with Gasteiger partial charge in [0, 0.05) is 17.7 Å². The van der Waals surface area contributed by atoms with Gasteiger partial charge in [-0.25, -0.2) is 9.78 Å². The maximum atomic E-state index is 14.1. The third-order valence-electron chi connectivity index (χ3n) is 7.80. The zero-order chi connectivity index (χ0) is 31.2. The summed E-state index contributed by atoms with van der Waals surface area (Å²) in [5.74, 6) is 0.175. The Morgan fingerprint density at radius 3 is 2.33 bits per heavy atom. The molecule has 3 heterocycles. The molecule has 43 heavy (non-hydrogen) atoms. The molecule has 4 aromatic rings. The topological polar surface area (TPSA) is 103 Å². The van der Waals surface area contributed by atoms with Crippen LogP contribution in [0.4, 0.5) is 8.78 Å². The molecule has 0 spiro atoms. The number of esters is 1. The first-order chi connectivity index (χ1) is 20.4. The summed E-state index contributed by atoms with van der Waals surface area (Å²) in [4.78, 5) is 31.7. The first kappa shape index (κ1) is 29.9. The monoisotopic (exact) mass is 597 g/mol. The molecule has 1 aliphatic carbocycles. The van der Waals surface area contributed by atoms with E-state index in [1.54, 1.807) is 34.9 Å². The number of methoxy groups -OCH3 is 4. The third kappa shape index (κ3) is 5.26. The van der Waals surface area contributed by atoms with E-state index in [1.807, 2.05) is 0 Å². The number of alkyl halides is 2. The number of hydrogen-bond donors (Lipinski definition) is 0. The van der Waals surface area contributed by atoms with Crippen LogP contribution in [0.25, 0.3) is 17.0 Å². The van der Waals surface area contributed by atoms with Crippen molar-refractivity contribution in [2.45, 2.75) is 46.3 Å². The normalized spacial score (nSPS) is 14.3. The number of nitrogens with zero attached hydrogens (tertiary/aromatic N) is 3. The standard InChI is InChI=1S/C31H33F2N3O7/c1-31(2,3)21-13-22-25(34-27-24(43-30(32)33)11-18(40-5)15-35(22)27)26-19(21)12-20(29(38)42-7)28(37)36(26)14-16-8-9-17(39-4)10-23(16)41-6/h8-12,15,21,30H,13-14H2,1-7H3/t21-/m1/s1. The smallest absolute Gasteiger partial charge is 0.387 e. The zero-order valence-corrected chi connectivity index (χ0v) is 25.0. The molecule has 1 aliphatic rings. The Hall–Kier alpha value is -4.61. The molecule has 0 bridgehead atoms. The van der Waals surface area contributed by atoms with Gasteiger partial charge < -0.3 is 28.3 Å². The van der Waals surface area contributed by atoms with Gasteiger partial charge in [-0.15, -0.1) is 0 Å². The van der Waals surface area contributed by atoms with Crippen molar-refractivity contribution < 1.29 is 37.3 Å². The van der Waals surface area contributed by atoms with Crippen molar-refractivity contribution in [2.75, 3.05) is 28.4 Å². The molecule has 0 radical (unpaired) electrons. The van der Waals surface area contributed by atoms with Crippen LogP contribution in [0.3, 0.4) is 0 Å². The van der Waals surface area contributed by atoms with E-state index < -0.39 is 18.1 Å². The van der Waals surface area contributed by atoms with E-state index in [0.29, 0.717) is 51.9 Å². The van der Waals surface area contributed by atoms with Gasteiger partial charge in [0.1, 0.15) is 28.5 Å². The number of imidazole rings is 1. The molecule has 228 valence electrons. The van der Waals surface area contributed by atoms with E-state index >= 15 is 0 Å². The molecule has 12 heteroatoms. The second kappa shape index (κ2) is 11.2. The predicted molar refractivity (Wildman–Crippen MR) is 154 cm³/mol. The van der Waals surface area contributed by atoms with Crippen LogP contribution in [0.5, 0.6) is 23.0 Å². The Labute approximate surface area is 246 Å². The quantitative estimate of drug-likeness (QED) is 0.252. The number of carbonyl (C=O) groups is 1. The number of fused-ring (bicyclic) bond motifs is 5. The molecule has 0 amide bonds. The Morgan fingerprint density at radius 2 is 1.72 bits per heavy atom. The summed E-state index contributed by atoms with van der Waals surface area (Å²) in [6.07, 6.45) is 2.08. The Kier molecular flexibility index (Phi) is 7.80. The van der Waals surface area contributed by atoms with Gasteiger partial charge in [0.05, 0.1) is 52.6 Å². The molecule has 10 nitrogen and oxygen atoms in total. The highest BCUT2D eigenvalue weighted by Gasteiger charge is 2.39. The lowest BCUT2D eigenvalue weighted by atomic mass is 9.70. The van der Waals surface area contributed by atoms with Crippen LogP contribution in [-0.4, -0.2) is 55.0 Å². The molecule has 1 aromatic carbocycles. The van der Waals surface area contributed by atoms with Gasteiger partial charge in [-0.1, -0.05) is 20.8 Å². The van der Waals surface area contributed by atoms with E-state index in [0.717, 1.165) is 0 Å². The number of ether oxygens (including phenoxy) is 5. The summed E-state index contributed by atoms with van der Waals surface area (Å²) in [5, 5.41) is 0. The fraction of sp³-hybridized carbons (Fsp3) is 0.387. The summed E-state index contributed by atoms with van der Waals surface area (Å²) in [7, 11) is 5.69.